The zero-order chi connectivity index (χ0) is 19.4. The molecule has 0 radical (unpaired) electrons. The van der Waals surface area contributed by atoms with E-state index >= 15 is 0 Å². The van der Waals surface area contributed by atoms with Crippen molar-refractivity contribution in [3.05, 3.63) is 59.7 Å². The third-order valence-electron chi connectivity index (χ3n) is 5.02. The largest absolute Gasteiger partial charge is 0.337 e. The van der Waals surface area contributed by atoms with Crippen LogP contribution in [0.25, 0.3) is 55.8 Å². The summed E-state index contributed by atoms with van der Waals surface area (Å²) in [5, 5.41) is 17.0. The molecule has 5 heterocycles. The fraction of sp³-hybridized carbons (Fsp3) is 0.0476. The highest BCUT2D eigenvalue weighted by Gasteiger charge is 2.16. The van der Waals surface area contributed by atoms with Crippen LogP contribution in [0.3, 0.4) is 0 Å². The molecule has 0 aliphatic carbocycles. The fourth-order valence-electron chi connectivity index (χ4n) is 3.60. The van der Waals surface area contributed by atoms with Crippen LogP contribution in [0.2, 0.25) is 0 Å². The second-order valence-corrected chi connectivity index (χ2v) is 7.67. The number of aromatic amines is 2. The molecule has 2 N–H and O–H groups in total. The lowest BCUT2D eigenvalue weighted by atomic mass is 10.1. The summed E-state index contributed by atoms with van der Waals surface area (Å²) in [6.07, 6.45) is 5.55. The normalized spacial score (nSPS) is 11.6. The van der Waals surface area contributed by atoms with Crippen molar-refractivity contribution in [2.45, 2.75) is 0 Å². The highest BCUT2D eigenvalue weighted by Crippen LogP contribution is 2.33. The molecule has 0 fully saturated rings. The summed E-state index contributed by atoms with van der Waals surface area (Å²) >= 11 is 1.68. The molecule has 0 unspecified atom stereocenters. The van der Waals surface area contributed by atoms with E-state index in [1.165, 1.54) is 5.56 Å². The number of pyridine rings is 1. The van der Waals surface area contributed by atoms with Crippen molar-refractivity contribution in [2.75, 3.05) is 0 Å². The van der Waals surface area contributed by atoms with Gasteiger partial charge in [0, 0.05) is 29.8 Å². The molecular weight excluding hydrogens is 382 g/mol. The molecule has 0 aliphatic rings. The third-order valence-corrected chi connectivity index (χ3v) is 5.70. The van der Waals surface area contributed by atoms with Gasteiger partial charge < -0.3 is 4.98 Å². The second kappa shape index (κ2) is 6.11. The Kier molecular flexibility index (Phi) is 3.41. The van der Waals surface area contributed by atoms with Crippen molar-refractivity contribution in [1.29, 1.82) is 0 Å². The number of imidazole rings is 1. The number of fused-ring (bicyclic) bond motifs is 2. The Labute approximate surface area is 169 Å². The van der Waals surface area contributed by atoms with E-state index in [4.69, 9.17) is 4.98 Å². The number of H-pyrrole nitrogens is 2. The van der Waals surface area contributed by atoms with E-state index in [9.17, 15) is 0 Å². The Hall–Kier alpha value is -3.78. The lowest BCUT2D eigenvalue weighted by Gasteiger charge is -1.98. The molecule has 8 heteroatoms. The molecule has 6 rings (SSSR count). The first-order valence-electron chi connectivity index (χ1n) is 9.11. The molecule has 0 saturated heterocycles. The number of hydrogen-bond donors (Lipinski definition) is 2. The van der Waals surface area contributed by atoms with Crippen molar-refractivity contribution in [3.63, 3.8) is 0 Å². The van der Waals surface area contributed by atoms with Gasteiger partial charge in [0.15, 0.2) is 5.82 Å². The van der Waals surface area contributed by atoms with Gasteiger partial charge in [-0.1, -0.05) is 12.1 Å². The minimum absolute atomic E-state index is 0.734. The summed E-state index contributed by atoms with van der Waals surface area (Å²) in [6.45, 7) is 0. The third kappa shape index (κ3) is 2.57. The molecule has 140 valence electrons. The fourth-order valence-corrected chi connectivity index (χ4v) is 4.26. The lowest BCUT2D eigenvalue weighted by molar-refractivity contribution is 0.768. The predicted octanol–water partition coefficient (Wildman–Crippen LogP) is 4.63. The molecule has 0 bridgehead atoms. The molecule has 7 nitrogen and oxygen atoms in total. The monoisotopic (exact) mass is 397 g/mol. The first-order valence-corrected chi connectivity index (χ1v) is 10.1. The smallest absolute Gasteiger partial charge is 0.159 e. The van der Waals surface area contributed by atoms with E-state index in [0.717, 1.165) is 50.3 Å². The van der Waals surface area contributed by atoms with E-state index in [2.05, 4.69) is 48.2 Å². The lowest BCUT2D eigenvalue weighted by Crippen LogP contribution is -1.85. The van der Waals surface area contributed by atoms with Gasteiger partial charge >= 0.3 is 0 Å². The van der Waals surface area contributed by atoms with Crippen molar-refractivity contribution < 1.29 is 0 Å². The minimum atomic E-state index is 0.734. The summed E-state index contributed by atoms with van der Waals surface area (Å²) < 4.78 is 1.77. The molecule has 5 aromatic heterocycles. The molecule has 0 atom stereocenters. The van der Waals surface area contributed by atoms with Gasteiger partial charge in [-0.2, -0.15) is 21.5 Å². The Morgan fingerprint density at radius 2 is 2.03 bits per heavy atom. The van der Waals surface area contributed by atoms with Gasteiger partial charge in [-0.3, -0.25) is 14.8 Å². The molecule has 0 aliphatic heterocycles. The maximum Gasteiger partial charge on any atom is 0.159 e. The van der Waals surface area contributed by atoms with Crippen LogP contribution >= 0.6 is 11.3 Å². The Morgan fingerprint density at radius 3 is 2.86 bits per heavy atom. The van der Waals surface area contributed by atoms with E-state index in [1.807, 2.05) is 37.6 Å². The number of aryl methyl sites for hydroxylation is 1. The van der Waals surface area contributed by atoms with E-state index < -0.39 is 0 Å². The van der Waals surface area contributed by atoms with Gasteiger partial charge in [-0.25, -0.2) is 4.98 Å². The van der Waals surface area contributed by atoms with Gasteiger partial charge in [0.1, 0.15) is 5.69 Å². The number of hydrogen-bond acceptors (Lipinski definition) is 5. The number of nitrogens with one attached hydrogen (secondary N) is 2. The van der Waals surface area contributed by atoms with E-state index in [1.54, 1.807) is 22.2 Å². The van der Waals surface area contributed by atoms with Crippen molar-refractivity contribution in [3.8, 4) is 33.9 Å². The first kappa shape index (κ1) is 16.2. The number of thiophene rings is 1. The van der Waals surface area contributed by atoms with Gasteiger partial charge in [0.05, 0.1) is 34.6 Å². The zero-order valence-corrected chi connectivity index (χ0v) is 16.2. The topological polar surface area (TPSA) is 88.1 Å². The average molecular weight is 397 g/mol. The molecule has 6 aromatic rings. The summed E-state index contributed by atoms with van der Waals surface area (Å²) in [6, 6.07) is 10.3. The van der Waals surface area contributed by atoms with Crippen LogP contribution < -0.4 is 0 Å². The van der Waals surface area contributed by atoms with Crippen LogP contribution in [0.5, 0.6) is 0 Å². The van der Waals surface area contributed by atoms with Crippen molar-refractivity contribution >= 4 is 33.3 Å². The first-order chi connectivity index (χ1) is 14.3. The van der Waals surface area contributed by atoms with Crippen LogP contribution in [0.1, 0.15) is 0 Å². The quantitative estimate of drug-likeness (QED) is 0.456. The minimum Gasteiger partial charge on any atom is -0.337 e. The molecule has 1 aromatic carbocycles. The van der Waals surface area contributed by atoms with Gasteiger partial charge in [0.2, 0.25) is 0 Å². The molecule has 0 saturated carbocycles. The van der Waals surface area contributed by atoms with Crippen LogP contribution in [0.15, 0.2) is 59.7 Å². The van der Waals surface area contributed by atoms with E-state index in [0.29, 0.717) is 0 Å². The SMILES string of the molecule is Cn1cc(-c2cc3c(-c4nc5c(-c6ccsc6)cccc5[nH]4)n[nH]c3cn2)cn1. The number of aromatic nitrogens is 7. The summed E-state index contributed by atoms with van der Waals surface area (Å²) in [4.78, 5) is 12.9. The summed E-state index contributed by atoms with van der Waals surface area (Å²) in [7, 11) is 1.89. The second-order valence-electron chi connectivity index (χ2n) is 6.89. The molecular formula is C21H15N7S. The molecule has 29 heavy (non-hydrogen) atoms. The van der Waals surface area contributed by atoms with Gasteiger partial charge in [0.25, 0.3) is 0 Å². The predicted molar refractivity (Wildman–Crippen MR) is 114 cm³/mol. The van der Waals surface area contributed by atoms with E-state index in [-0.39, 0.29) is 0 Å². The van der Waals surface area contributed by atoms with Gasteiger partial charge in [-0.05, 0) is 34.5 Å². The van der Waals surface area contributed by atoms with Crippen LogP contribution in [-0.2, 0) is 7.05 Å². The van der Waals surface area contributed by atoms with Gasteiger partial charge in [-0.15, -0.1) is 0 Å². The molecule has 0 spiro atoms. The number of para-hydroxylation sites is 1. The highest BCUT2D eigenvalue weighted by molar-refractivity contribution is 7.08. The van der Waals surface area contributed by atoms with Crippen LogP contribution in [0, 0.1) is 0 Å². The van der Waals surface area contributed by atoms with Crippen molar-refractivity contribution in [2.24, 2.45) is 7.05 Å². The van der Waals surface area contributed by atoms with Crippen LogP contribution in [0.4, 0.5) is 0 Å². The standard InChI is InChI=1S/C21H15N7S/c1-28-10-13(8-23-28)17-7-15-18(9-22-17)26-27-20(15)21-24-16-4-2-3-14(19(16)25-21)12-5-6-29-11-12/h2-11H,1H3,(H,24,25)(H,26,27). The molecule has 0 amide bonds. The average Bonchev–Trinajstić information content (AvgIpc) is 3.51. The van der Waals surface area contributed by atoms with Crippen LogP contribution in [-0.4, -0.2) is 34.9 Å². The number of nitrogens with zero attached hydrogens (tertiary/aromatic N) is 5. The maximum atomic E-state index is 4.90. The number of rotatable bonds is 3. The Morgan fingerprint density at radius 1 is 1.07 bits per heavy atom. The zero-order valence-electron chi connectivity index (χ0n) is 15.4. The Bertz CT molecular complexity index is 1470. The summed E-state index contributed by atoms with van der Waals surface area (Å²) in [5.41, 5.74) is 7.68. The van der Waals surface area contributed by atoms with Crippen molar-refractivity contribution in [1.82, 2.24) is 34.9 Å². The maximum absolute atomic E-state index is 4.90. The Balaban J connectivity index is 1.53. The highest BCUT2D eigenvalue weighted by atomic mass is 32.1. The summed E-state index contributed by atoms with van der Waals surface area (Å²) in [5.74, 6) is 0.734. The number of benzene rings is 1.